The predicted molar refractivity (Wildman–Crippen MR) is 186 cm³/mol. The molecular weight excluding hydrogens is 536 g/mol. The number of benzene rings is 5. The van der Waals surface area contributed by atoms with Crippen molar-refractivity contribution >= 4 is 56.0 Å². The van der Waals surface area contributed by atoms with E-state index >= 15 is 0 Å². The van der Waals surface area contributed by atoms with Gasteiger partial charge in [0, 0.05) is 50.2 Å². The average molecular weight is 567 g/mol. The van der Waals surface area contributed by atoms with Crippen LogP contribution < -0.4 is 0 Å². The molecule has 4 heteroatoms. The van der Waals surface area contributed by atoms with Gasteiger partial charge in [0.15, 0.2) is 0 Å². The molecule has 44 heavy (non-hydrogen) atoms. The Labute approximate surface area is 255 Å². The lowest BCUT2D eigenvalue weighted by Gasteiger charge is -2.13. The van der Waals surface area contributed by atoms with Crippen molar-refractivity contribution in [2.24, 2.45) is 4.99 Å². The molecule has 0 aliphatic rings. The first-order chi connectivity index (χ1) is 21.7. The van der Waals surface area contributed by atoms with E-state index in [1.165, 1.54) is 38.1 Å². The van der Waals surface area contributed by atoms with Crippen LogP contribution >= 0.6 is 0 Å². The van der Waals surface area contributed by atoms with Crippen molar-refractivity contribution in [2.75, 3.05) is 0 Å². The molecule has 0 saturated heterocycles. The first-order valence-corrected chi connectivity index (χ1v) is 15.0. The summed E-state index contributed by atoms with van der Waals surface area (Å²) in [6.45, 7) is 5.94. The molecule has 0 spiro atoms. The normalized spacial score (nSPS) is 12.1. The molecular formula is C40H30N4. The molecule has 3 aromatic heterocycles. The van der Waals surface area contributed by atoms with Gasteiger partial charge < -0.3 is 9.13 Å². The molecule has 4 nitrogen and oxygen atoms in total. The maximum Gasteiger partial charge on any atom is 0.0702 e. The van der Waals surface area contributed by atoms with E-state index in [1.54, 1.807) is 0 Å². The van der Waals surface area contributed by atoms with E-state index in [0.29, 0.717) is 0 Å². The highest BCUT2D eigenvalue weighted by Crippen LogP contribution is 2.37. The summed E-state index contributed by atoms with van der Waals surface area (Å²) < 4.78 is 4.75. The lowest BCUT2D eigenvalue weighted by molar-refractivity contribution is 1.13. The molecule has 0 aliphatic heterocycles. The lowest BCUT2D eigenvalue weighted by Crippen LogP contribution is -1.98. The van der Waals surface area contributed by atoms with Crippen LogP contribution in [-0.2, 0) is 0 Å². The minimum absolute atomic E-state index is 0.911. The predicted octanol–water partition coefficient (Wildman–Crippen LogP) is 10.4. The smallest absolute Gasteiger partial charge is 0.0702 e. The molecule has 0 N–H and O–H groups in total. The highest BCUT2D eigenvalue weighted by molar-refractivity contribution is 6.11. The number of allylic oxidation sites excluding steroid dienone is 1. The molecule has 210 valence electrons. The lowest BCUT2D eigenvalue weighted by atomic mass is 10.1. The molecule has 8 aromatic rings. The molecule has 0 amide bonds. The number of fused-ring (bicyclic) bond motifs is 6. The molecule has 0 bridgehead atoms. The van der Waals surface area contributed by atoms with Gasteiger partial charge in [-0.2, -0.15) is 0 Å². The van der Waals surface area contributed by atoms with Crippen LogP contribution in [-0.4, -0.2) is 20.8 Å². The van der Waals surface area contributed by atoms with Crippen molar-refractivity contribution in [1.29, 1.82) is 0 Å². The molecule has 0 atom stereocenters. The molecule has 5 aromatic carbocycles. The van der Waals surface area contributed by atoms with Gasteiger partial charge in [0.05, 0.1) is 33.5 Å². The second kappa shape index (κ2) is 10.5. The van der Waals surface area contributed by atoms with Gasteiger partial charge >= 0.3 is 0 Å². The van der Waals surface area contributed by atoms with E-state index in [1.807, 2.05) is 18.3 Å². The Morgan fingerprint density at radius 2 is 1.25 bits per heavy atom. The van der Waals surface area contributed by atoms with Crippen LogP contribution in [0.3, 0.4) is 0 Å². The van der Waals surface area contributed by atoms with Crippen molar-refractivity contribution in [3.8, 4) is 22.6 Å². The first kappa shape index (κ1) is 25.9. The summed E-state index contributed by atoms with van der Waals surface area (Å²) in [4.78, 5) is 8.91. The number of rotatable bonds is 6. The van der Waals surface area contributed by atoms with E-state index < -0.39 is 0 Å². The SMILES string of the molecule is C=N/C(=C\CC)c1ccc2c(c1)c1ccccc1n2-c1cccc(-n2c3ccccc3c3cc(-c4ccccn4)ccc32)c1. The number of hydrogen-bond donors (Lipinski definition) is 0. The van der Waals surface area contributed by atoms with E-state index in [9.17, 15) is 0 Å². The standard InChI is InChI=1S/C40H30N4/c1-3-11-35(41-2)27-19-21-39-33(24-27)31-14-4-6-17-37(31)43(39)29-12-10-13-30(26-29)44-38-18-7-5-15-32(38)34-25-28(20-22-40(34)44)36-16-8-9-23-42-36/h4-26H,2-3H2,1H3/b35-11-. The van der Waals surface area contributed by atoms with E-state index in [4.69, 9.17) is 0 Å². The Kier molecular flexibility index (Phi) is 6.20. The van der Waals surface area contributed by atoms with Crippen LogP contribution in [0.1, 0.15) is 18.9 Å². The summed E-state index contributed by atoms with van der Waals surface area (Å²) in [5, 5.41) is 4.86. The van der Waals surface area contributed by atoms with Gasteiger partial charge in [-0.15, -0.1) is 0 Å². The zero-order valence-corrected chi connectivity index (χ0v) is 24.5. The van der Waals surface area contributed by atoms with Gasteiger partial charge in [0.2, 0.25) is 0 Å². The van der Waals surface area contributed by atoms with E-state index in [2.05, 4.69) is 154 Å². The molecule has 8 rings (SSSR count). The third kappa shape index (κ3) is 4.07. The van der Waals surface area contributed by atoms with Gasteiger partial charge in [-0.05, 0) is 79.9 Å². The van der Waals surface area contributed by atoms with Gasteiger partial charge in [0.1, 0.15) is 0 Å². The van der Waals surface area contributed by atoms with E-state index in [0.717, 1.165) is 45.8 Å². The van der Waals surface area contributed by atoms with Crippen molar-refractivity contribution in [3.63, 3.8) is 0 Å². The number of hydrogen-bond acceptors (Lipinski definition) is 2. The Balaban J connectivity index is 1.34. The minimum atomic E-state index is 0.911. The third-order valence-corrected chi connectivity index (χ3v) is 8.52. The van der Waals surface area contributed by atoms with E-state index in [-0.39, 0.29) is 0 Å². The Hall–Kier alpha value is -5.74. The van der Waals surface area contributed by atoms with Gasteiger partial charge in [0.25, 0.3) is 0 Å². The quantitative estimate of drug-likeness (QED) is 0.184. The Morgan fingerprint density at radius 1 is 0.636 bits per heavy atom. The monoisotopic (exact) mass is 566 g/mol. The highest BCUT2D eigenvalue weighted by Gasteiger charge is 2.17. The molecule has 0 unspecified atom stereocenters. The molecule has 0 saturated carbocycles. The second-order valence-corrected chi connectivity index (χ2v) is 11.1. The fourth-order valence-electron chi connectivity index (χ4n) is 6.59. The zero-order valence-electron chi connectivity index (χ0n) is 24.5. The summed E-state index contributed by atoms with van der Waals surface area (Å²) in [6.07, 6.45) is 4.89. The topological polar surface area (TPSA) is 35.1 Å². The fourth-order valence-corrected chi connectivity index (χ4v) is 6.59. The van der Waals surface area contributed by atoms with Gasteiger partial charge in [-0.3, -0.25) is 9.98 Å². The Morgan fingerprint density at radius 3 is 1.89 bits per heavy atom. The first-order valence-electron chi connectivity index (χ1n) is 15.0. The summed E-state index contributed by atoms with van der Waals surface area (Å²) in [6, 6.07) is 45.5. The van der Waals surface area contributed by atoms with Crippen LogP contribution in [0.5, 0.6) is 0 Å². The molecule has 0 aliphatic carbocycles. The van der Waals surface area contributed by atoms with Crippen molar-refractivity contribution in [2.45, 2.75) is 13.3 Å². The number of aromatic nitrogens is 3. The van der Waals surface area contributed by atoms with Crippen LogP contribution in [0.15, 0.2) is 145 Å². The fraction of sp³-hybridized carbons (Fsp3) is 0.0500. The summed E-state index contributed by atoms with van der Waals surface area (Å²) in [7, 11) is 0. The van der Waals surface area contributed by atoms with Crippen LogP contribution in [0, 0.1) is 0 Å². The van der Waals surface area contributed by atoms with Gasteiger partial charge in [-0.25, -0.2) is 0 Å². The third-order valence-electron chi connectivity index (χ3n) is 8.52. The number of para-hydroxylation sites is 2. The van der Waals surface area contributed by atoms with Crippen LogP contribution in [0.25, 0.3) is 71.9 Å². The number of pyridine rings is 1. The average Bonchev–Trinajstić information content (AvgIpc) is 3.60. The second-order valence-electron chi connectivity index (χ2n) is 11.1. The van der Waals surface area contributed by atoms with Crippen molar-refractivity contribution in [3.05, 3.63) is 145 Å². The summed E-state index contributed by atoms with van der Waals surface area (Å²) >= 11 is 0. The molecule has 0 radical (unpaired) electrons. The van der Waals surface area contributed by atoms with Crippen molar-refractivity contribution < 1.29 is 0 Å². The van der Waals surface area contributed by atoms with Crippen LogP contribution in [0.4, 0.5) is 0 Å². The maximum atomic E-state index is 4.60. The number of nitrogens with zero attached hydrogens (tertiary/aromatic N) is 4. The number of aliphatic imine (C=N–C) groups is 1. The van der Waals surface area contributed by atoms with Gasteiger partial charge in [-0.1, -0.05) is 73.7 Å². The minimum Gasteiger partial charge on any atom is -0.309 e. The highest BCUT2D eigenvalue weighted by atomic mass is 15.0. The molecule has 3 heterocycles. The maximum absolute atomic E-state index is 4.60. The summed E-state index contributed by atoms with van der Waals surface area (Å²) in [5.74, 6) is 0. The summed E-state index contributed by atoms with van der Waals surface area (Å²) in [5.41, 5.74) is 11.0. The molecule has 0 fully saturated rings. The van der Waals surface area contributed by atoms with Crippen molar-refractivity contribution in [1.82, 2.24) is 14.1 Å². The zero-order chi connectivity index (χ0) is 29.6. The van der Waals surface area contributed by atoms with Crippen LogP contribution in [0.2, 0.25) is 0 Å². The Bertz CT molecular complexity index is 2390. The largest absolute Gasteiger partial charge is 0.309 e.